The van der Waals surface area contributed by atoms with Gasteiger partial charge in [0.2, 0.25) is 0 Å². The van der Waals surface area contributed by atoms with E-state index in [9.17, 15) is 0 Å². The molecule has 108 valence electrons. The minimum Gasteiger partial charge on any atom is -0.352 e. The van der Waals surface area contributed by atoms with Crippen molar-refractivity contribution < 1.29 is 0 Å². The number of aryl methyl sites for hydroxylation is 1. The van der Waals surface area contributed by atoms with Crippen LogP contribution in [0.5, 0.6) is 0 Å². The molecule has 2 aromatic heterocycles. The van der Waals surface area contributed by atoms with Gasteiger partial charge in [-0.05, 0) is 17.8 Å². The number of hydrogen-bond donors (Lipinski definition) is 0. The van der Waals surface area contributed by atoms with Crippen LogP contribution in [0.4, 0.5) is 5.82 Å². The zero-order valence-electron chi connectivity index (χ0n) is 12.9. The van der Waals surface area contributed by atoms with Gasteiger partial charge in [0.15, 0.2) is 5.65 Å². The summed E-state index contributed by atoms with van der Waals surface area (Å²) in [5.41, 5.74) is 0.908. The maximum Gasteiger partial charge on any atom is 0.163 e. The summed E-state index contributed by atoms with van der Waals surface area (Å²) in [6.07, 6.45) is 3.53. The van der Waals surface area contributed by atoms with Crippen LogP contribution in [0.15, 0.2) is 12.5 Å². The number of anilines is 1. The van der Waals surface area contributed by atoms with Crippen molar-refractivity contribution in [2.75, 3.05) is 11.4 Å². The third-order valence-electron chi connectivity index (χ3n) is 4.53. The van der Waals surface area contributed by atoms with Crippen molar-refractivity contribution in [2.24, 2.45) is 24.8 Å². The molecular weight excluding hydrogens is 250 g/mol. The smallest absolute Gasteiger partial charge is 0.163 e. The summed E-state index contributed by atoms with van der Waals surface area (Å²) in [5.74, 6) is 3.12. The second kappa shape index (κ2) is 4.72. The molecule has 3 rings (SSSR count). The highest BCUT2D eigenvalue weighted by Crippen LogP contribution is 2.40. The highest BCUT2D eigenvalue weighted by Gasteiger charge is 2.43. The molecule has 0 spiro atoms. The molecule has 1 saturated heterocycles. The van der Waals surface area contributed by atoms with Crippen LogP contribution in [-0.4, -0.2) is 32.3 Å². The van der Waals surface area contributed by atoms with Crippen LogP contribution < -0.4 is 4.90 Å². The first-order valence-corrected chi connectivity index (χ1v) is 7.40. The Bertz CT molecular complexity index is 616. The lowest BCUT2D eigenvalue weighted by Gasteiger charge is -2.53. The lowest BCUT2D eigenvalue weighted by atomic mass is 9.74. The molecule has 2 unspecified atom stereocenters. The Kier molecular flexibility index (Phi) is 3.15. The van der Waals surface area contributed by atoms with Crippen LogP contribution in [0, 0.1) is 17.8 Å². The molecule has 0 saturated carbocycles. The molecule has 0 aromatic carbocycles. The first kappa shape index (κ1) is 13.3. The quantitative estimate of drug-likeness (QED) is 0.862. The van der Waals surface area contributed by atoms with E-state index in [0.717, 1.165) is 29.3 Å². The Morgan fingerprint density at radius 3 is 2.55 bits per heavy atom. The largest absolute Gasteiger partial charge is 0.352 e. The van der Waals surface area contributed by atoms with Crippen molar-refractivity contribution in [3.05, 3.63) is 12.5 Å². The van der Waals surface area contributed by atoms with Crippen LogP contribution in [0.25, 0.3) is 11.0 Å². The minimum atomic E-state index is 0.563. The standard InChI is InChI=1S/C15H23N5/c1-9(2)12-7-20(13(12)10(3)4)15-11-6-18-19(5)14(11)16-8-17-15/h6,8-10,12-13H,7H2,1-5H3. The van der Waals surface area contributed by atoms with E-state index in [2.05, 4.69) is 47.7 Å². The summed E-state index contributed by atoms with van der Waals surface area (Å²) >= 11 is 0. The second-order valence-electron chi connectivity index (χ2n) is 6.50. The van der Waals surface area contributed by atoms with Crippen LogP contribution in [-0.2, 0) is 7.05 Å². The Labute approximate surface area is 120 Å². The van der Waals surface area contributed by atoms with Crippen LogP contribution >= 0.6 is 0 Å². The molecule has 20 heavy (non-hydrogen) atoms. The third kappa shape index (κ3) is 1.87. The van der Waals surface area contributed by atoms with Gasteiger partial charge in [-0.15, -0.1) is 0 Å². The molecule has 5 heteroatoms. The SMILES string of the molecule is CC(C)C1CN(c2ncnc3c2cnn3C)C1C(C)C. The molecule has 0 radical (unpaired) electrons. The molecule has 0 N–H and O–H groups in total. The van der Waals surface area contributed by atoms with E-state index in [1.54, 1.807) is 6.33 Å². The van der Waals surface area contributed by atoms with E-state index in [1.807, 2.05) is 17.9 Å². The Balaban J connectivity index is 2.00. The van der Waals surface area contributed by atoms with Crippen LogP contribution in [0.3, 0.4) is 0 Å². The van der Waals surface area contributed by atoms with Gasteiger partial charge in [-0.1, -0.05) is 27.7 Å². The van der Waals surface area contributed by atoms with Gasteiger partial charge in [0.25, 0.3) is 0 Å². The van der Waals surface area contributed by atoms with E-state index in [0.29, 0.717) is 17.9 Å². The van der Waals surface area contributed by atoms with Crippen molar-refractivity contribution in [3.8, 4) is 0 Å². The fourth-order valence-electron chi connectivity index (χ4n) is 3.42. The summed E-state index contributed by atoms with van der Waals surface area (Å²) in [6, 6.07) is 0.563. The van der Waals surface area contributed by atoms with Gasteiger partial charge >= 0.3 is 0 Å². The first-order chi connectivity index (χ1) is 9.50. The lowest BCUT2D eigenvalue weighted by molar-refractivity contribution is 0.176. The molecule has 1 aliphatic heterocycles. The van der Waals surface area contributed by atoms with E-state index >= 15 is 0 Å². The number of nitrogens with zero attached hydrogens (tertiary/aromatic N) is 5. The van der Waals surface area contributed by atoms with E-state index in [1.165, 1.54) is 0 Å². The second-order valence-corrected chi connectivity index (χ2v) is 6.50. The molecule has 1 fully saturated rings. The van der Waals surface area contributed by atoms with Gasteiger partial charge in [0.05, 0.1) is 11.6 Å². The van der Waals surface area contributed by atoms with Crippen molar-refractivity contribution in [1.82, 2.24) is 19.7 Å². The molecule has 5 nitrogen and oxygen atoms in total. The van der Waals surface area contributed by atoms with Gasteiger partial charge < -0.3 is 4.90 Å². The molecule has 3 heterocycles. The number of rotatable bonds is 3. The van der Waals surface area contributed by atoms with Gasteiger partial charge in [-0.25, -0.2) is 9.97 Å². The Morgan fingerprint density at radius 2 is 1.90 bits per heavy atom. The number of hydrogen-bond acceptors (Lipinski definition) is 4. The maximum atomic E-state index is 4.53. The molecule has 0 aliphatic carbocycles. The minimum absolute atomic E-state index is 0.563. The van der Waals surface area contributed by atoms with Gasteiger partial charge in [-0.2, -0.15) is 5.10 Å². The predicted octanol–water partition coefficient (Wildman–Crippen LogP) is 2.48. The fraction of sp³-hybridized carbons (Fsp3) is 0.667. The van der Waals surface area contributed by atoms with Crippen LogP contribution in [0.2, 0.25) is 0 Å². The van der Waals surface area contributed by atoms with Crippen LogP contribution in [0.1, 0.15) is 27.7 Å². The van der Waals surface area contributed by atoms with E-state index in [4.69, 9.17) is 0 Å². The van der Waals surface area contributed by atoms with Crippen molar-refractivity contribution >= 4 is 16.9 Å². The lowest BCUT2D eigenvalue weighted by Crippen LogP contribution is -2.61. The maximum absolute atomic E-state index is 4.53. The Hall–Kier alpha value is -1.65. The average molecular weight is 273 g/mol. The van der Waals surface area contributed by atoms with Gasteiger partial charge in [0.1, 0.15) is 12.1 Å². The summed E-state index contributed by atoms with van der Waals surface area (Å²) in [4.78, 5) is 11.3. The highest BCUT2D eigenvalue weighted by molar-refractivity contribution is 5.87. The first-order valence-electron chi connectivity index (χ1n) is 7.40. The molecule has 2 aromatic rings. The van der Waals surface area contributed by atoms with E-state index in [-0.39, 0.29) is 0 Å². The average Bonchev–Trinajstić information content (AvgIpc) is 2.70. The monoisotopic (exact) mass is 273 g/mol. The predicted molar refractivity (Wildman–Crippen MR) is 80.6 cm³/mol. The summed E-state index contributed by atoms with van der Waals surface area (Å²) in [7, 11) is 1.92. The zero-order chi connectivity index (χ0) is 14.4. The molecular formula is C15H23N5. The third-order valence-corrected chi connectivity index (χ3v) is 4.53. The Morgan fingerprint density at radius 1 is 1.15 bits per heavy atom. The summed E-state index contributed by atoms with van der Waals surface area (Å²) in [5, 5.41) is 5.37. The van der Waals surface area contributed by atoms with Crippen molar-refractivity contribution in [2.45, 2.75) is 33.7 Å². The zero-order valence-corrected chi connectivity index (χ0v) is 12.9. The molecule has 1 aliphatic rings. The number of fused-ring (bicyclic) bond motifs is 1. The van der Waals surface area contributed by atoms with Gasteiger partial charge in [0, 0.05) is 19.6 Å². The van der Waals surface area contributed by atoms with E-state index < -0.39 is 0 Å². The highest BCUT2D eigenvalue weighted by atomic mass is 15.3. The number of aromatic nitrogens is 4. The van der Waals surface area contributed by atoms with Crippen molar-refractivity contribution in [3.63, 3.8) is 0 Å². The molecule has 0 bridgehead atoms. The van der Waals surface area contributed by atoms with Gasteiger partial charge in [-0.3, -0.25) is 4.68 Å². The summed E-state index contributed by atoms with van der Waals surface area (Å²) in [6.45, 7) is 10.3. The normalized spacial score (nSPS) is 22.9. The topological polar surface area (TPSA) is 46.8 Å². The molecule has 0 amide bonds. The molecule has 2 atom stereocenters. The fourth-order valence-corrected chi connectivity index (χ4v) is 3.42. The van der Waals surface area contributed by atoms with Crippen molar-refractivity contribution in [1.29, 1.82) is 0 Å². The summed E-state index contributed by atoms with van der Waals surface area (Å²) < 4.78 is 1.81.